The molecule has 0 bridgehead atoms. The van der Waals surface area contributed by atoms with Gasteiger partial charge in [0.2, 0.25) is 11.6 Å². The molecule has 0 saturated carbocycles. The molecule has 8 heteroatoms. The number of carbonyl (C=O) groups excluding carboxylic acids is 2. The van der Waals surface area contributed by atoms with Crippen LogP contribution in [-0.2, 0) is 12.4 Å². The van der Waals surface area contributed by atoms with Crippen molar-refractivity contribution in [1.82, 2.24) is 0 Å². The van der Waals surface area contributed by atoms with Gasteiger partial charge in [-0.25, -0.2) is 0 Å². The zero-order valence-corrected chi connectivity index (χ0v) is 18.2. The number of halogens is 6. The quantitative estimate of drug-likeness (QED) is 0.208. The molecular formula is C28H14F6O2. The average molecular weight is 496 g/mol. The molecule has 36 heavy (non-hydrogen) atoms. The first-order valence-electron chi connectivity index (χ1n) is 10.7. The number of ketones is 2. The van der Waals surface area contributed by atoms with Gasteiger partial charge in [0.25, 0.3) is 0 Å². The van der Waals surface area contributed by atoms with E-state index in [0.717, 1.165) is 12.1 Å². The standard InChI is InChI=1S/C28H14F6O2/c29-27(30,31)23-7-3-1-5-17(23)15-9-11-19-21(13-15)22-14-16(10-12-20(22)26(36)25(19)35)18-6-2-4-8-24(18)28(32,33)34/h1-14H. The summed E-state index contributed by atoms with van der Waals surface area (Å²) in [4.78, 5) is 25.4. The zero-order valence-electron chi connectivity index (χ0n) is 18.2. The van der Waals surface area contributed by atoms with Gasteiger partial charge in [0.15, 0.2) is 0 Å². The SMILES string of the molecule is O=C1C(=O)c2ccc(-c3ccccc3C(F)(F)F)cc2-c2cc(-c3ccccc3C(F)(F)F)ccc21. The predicted octanol–water partition coefficient (Wildman–Crippen LogP) is 8.10. The topological polar surface area (TPSA) is 34.1 Å². The van der Waals surface area contributed by atoms with Gasteiger partial charge in [-0.2, -0.15) is 26.3 Å². The maximum Gasteiger partial charge on any atom is 0.417 e. The third-order valence-corrected chi connectivity index (χ3v) is 6.11. The third kappa shape index (κ3) is 3.88. The summed E-state index contributed by atoms with van der Waals surface area (Å²) in [5.41, 5.74) is -1.41. The molecule has 4 aromatic carbocycles. The van der Waals surface area contributed by atoms with Gasteiger partial charge in [0.05, 0.1) is 11.1 Å². The van der Waals surface area contributed by atoms with Crippen molar-refractivity contribution < 1.29 is 35.9 Å². The van der Waals surface area contributed by atoms with Gasteiger partial charge in [-0.05, 0) is 69.8 Å². The molecule has 0 aliphatic heterocycles. The van der Waals surface area contributed by atoms with Crippen molar-refractivity contribution >= 4 is 11.6 Å². The van der Waals surface area contributed by atoms with Crippen LogP contribution in [0, 0.1) is 0 Å². The molecule has 0 radical (unpaired) electrons. The van der Waals surface area contributed by atoms with Crippen molar-refractivity contribution in [2.45, 2.75) is 12.4 Å². The molecule has 4 aromatic rings. The lowest BCUT2D eigenvalue weighted by molar-refractivity contribution is -0.137. The molecule has 5 rings (SSSR count). The lowest BCUT2D eigenvalue weighted by Gasteiger charge is -2.21. The Kier molecular flexibility index (Phi) is 5.35. The van der Waals surface area contributed by atoms with Crippen molar-refractivity contribution in [2.24, 2.45) is 0 Å². The largest absolute Gasteiger partial charge is 0.417 e. The number of benzene rings is 4. The van der Waals surface area contributed by atoms with E-state index >= 15 is 0 Å². The van der Waals surface area contributed by atoms with Gasteiger partial charge in [0.1, 0.15) is 0 Å². The van der Waals surface area contributed by atoms with Crippen LogP contribution >= 0.6 is 0 Å². The van der Waals surface area contributed by atoms with Crippen LogP contribution in [0.25, 0.3) is 33.4 Å². The summed E-state index contributed by atoms with van der Waals surface area (Å²) in [6.07, 6.45) is -9.27. The molecule has 1 aliphatic carbocycles. The average Bonchev–Trinajstić information content (AvgIpc) is 2.85. The zero-order chi connectivity index (χ0) is 25.8. The fraction of sp³-hybridized carbons (Fsp3) is 0.0714. The number of carbonyl (C=O) groups is 2. The van der Waals surface area contributed by atoms with Gasteiger partial charge >= 0.3 is 12.4 Å². The van der Waals surface area contributed by atoms with E-state index in [2.05, 4.69) is 0 Å². The van der Waals surface area contributed by atoms with Gasteiger partial charge in [-0.3, -0.25) is 9.59 Å². The highest BCUT2D eigenvalue weighted by molar-refractivity contribution is 6.53. The molecule has 0 N–H and O–H groups in total. The monoisotopic (exact) mass is 496 g/mol. The van der Waals surface area contributed by atoms with Crippen LogP contribution in [0.3, 0.4) is 0 Å². The Hall–Kier alpha value is -4.20. The highest BCUT2D eigenvalue weighted by Gasteiger charge is 2.36. The molecule has 1 aliphatic rings. The van der Waals surface area contributed by atoms with E-state index in [0.29, 0.717) is 0 Å². The Morgan fingerprint density at radius 3 is 1.14 bits per heavy atom. The van der Waals surface area contributed by atoms with Crippen molar-refractivity contribution in [1.29, 1.82) is 0 Å². The van der Waals surface area contributed by atoms with Crippen LogP contribution in [0.15, 0.2) is 84.9 Å². The lowest BCUT2D eigenvalue weighted by Crippen LogP contribution is -2.21. The molecular weight excluding hydrogens is 482 g/mol. The summed E-state index contributed by atoms with van der Waals surface area (Å²) in [6.45, 7) is 0. The Morgan fingerprint density at radius 2 is 0.778 bits per heavy atom. The third-order valence-electron chi connectivity index (χ3n) is 6.11. The maximum absolute atomic E-state index is 13.6. The summed E-state index contributed by atoms with van der Waals surface area (Å²) >= 11 is 0. The van der Waals surface area contributed by atoms with E-state index < -0.39 is 35.0 Å². The minimum atomic E-state index is -4.63. The predicted molar refractivity (Wildman–Crippen MR) is 121 cm³/mol. The van der Waals surface area contributed by atoms with Crippen molar-refractivity contribution in [3.63, 3.8) is 0 Å². The van der Waals surface area contributed by atoms with Crippen LogP contribution in [0.1, 0.15) is 31.8 Å². The first kappa shape index (κ1) is 23.5. The summed E-state index contributed by atoms with van der Waals surface area (Å²) in [6, 6.07) is 17.8. The van der Waals surface area contributed by atoms with Crippen LogP contribution in [0.2, 0.25) is 0 Å². The molecule has 0 spiro atoms. The van der Waals surface area contributed by atoms with Crippen LogP contribution in [0.5, 0.6) is 0 Å². The summed E-state index contributed by atoms with van der Waals surface area (Å²) < 4.78 is 81.7. The second-order valence-corrected chi connectivity index (χ2v) is 8.27. The first-order valence-corrected chi connectivity index (χ1v) is 10.7. The molecule has 0 saturated heterocycles. The van der Waals surface area contributed by atoms with Crippen LogP contribution in [-0.4, -0.2) is 11.6 Å². The van der Waals surface area contributed by atoms with Gasteiger partial charge in [-0.15, -0.1) is 0 Å². The molecule has 0 amide bonds. The molecule has 0 fully saturated rings. The minimum Gasteiger partial charge on any atom is -0.285 e. The molecule has 0 heterocycles. The van der Waals surface area contributed by atoms with Crippen LogP contribution in [0.4, 0.5) is 26.3 Å². The van der Waals surface area contributed by atoms with Crippen molar-refractivity contribution in [3.8, 4) is 33.4 Å². The molecule has 2 nitrogen and oxygen atoms in total. The number of rotatable bonds is 2. The number of Topliss-reactive ketones (excluding diaryl/α,β-unsaturated/α-hetero) is 2. The van der Waals surface area contributed by atoms with Crippen molar-refractivity contribution in [2.75, 3.05) is 0 Å². The normalized spacial score (nSPS) is 13.4. The molecule has 0 aromatic heterocycles. The Balaban J connectivity index is 1.74. The van der Waals surface area contributed by atoms with E-state index in [-0.39, 0.29) is 44.5 Å². The van der Waals surface area contributed by atoms with Gasteiger partial charge < -0.3 is 0 Å². The fourth-order valence-corrected chi connectivity index (χ4v) is 4.47. The summed E-state index contributed by atoms with van der Waals surface area (Å²) in [7, 11) is 0. The first-order chi connectivity index (χ1) is 17.0. The minimum absolute atomic E-state index is 0.0259. The Morgan fingerprint density at radius 1 is 0.417 bits per heavy atom. The molecule has 0 atom stereocenters. The van der Waals surface area contributed by atoms with E-state index in [4.69, 9.17) is 0 Å². The second-order valence-electron chi connectivity index (χ2n) is 8.27. The number of fused-ring (bicyclic) bond motifs is 3. The highest BCUT2D eigenvalue weighted by Crippen LogP contribution is 2.43. The number of hydrogen-bond donors (Lipinski definition) is 0. The Labute approximate surface area is 200 Å². The van der Waals surface area contributed by atoms with E-state index in [1.165, 1.54) is 72.8 Å². The maximum atomic E-state index is 13.6. The van der Waals surface area contributed by atoms with Crippen molar-refractivity contribution in [3.05, 3.63) is 107 Å². The molecule has 180 valence electrons. The number of alkyl halides is 6. The highest BCUT2D eigenvalue weighted by atomic mass is 19.4. The van der Waals surface area contributed by atoms with E-state index in [9.17, 15) is 35.9 Å². The van der Waals surface area contributed by atoms with E-state index in [1.807, 2.05) is 0 Å². The van der Waals surface area contributed by atoms with E-state index in [1.54, 1.807) is 0 Å². The lowest BCUT2D eigenvalue weighted by atomic mass is 9.81. The van der Waals surface area contributed by atoms with Crippen LogP contribution < -0.4 is 0 Å². The summed E-state index contributed by atoms with van der Waals surface area (Å²) in [5, 5.41) is 0. The Bertz CT molecular complexity index is 1430. The summed E-state index contributed by atoms with van der Waals surface area (Å²) in [5.74, 6) is -1.67. The smallest absolute Gasteiger partial charge is 0.285 e. The number of hydrogen-bond acceptors (Lipinski definition) is 2. The molecule has 0 unspecified atom stereocenters. The van der Waals surface area contributed by atoms with Gasteiger partial charge in [0, 0.05) is 11.1 Å². The second kappa shape index (κ2) is 8.19. The van der Waals surface area contributed by atoms with Gasteiger partial charge in [-0.1, -0.05) is 48.5 Å². The fourth-order valence-electron chi connectivity index (χ4n) is 4.47.